The quantitative estimate of drug-likeness (QED) is 0.641. The SMILES string of the molecule is CC(=O)N1CC2(CCCCC2)c2cc(C(=O)Nc3ccc(-c4cnco4)cc3)ccc21. The van der Waals surface area contributed by atoms with Crippen molar-refractivity contribution in [3.05, 3.63) is 66.2 Å². The predicted octanol–water partition coefficient (Wildman–Crippen LogP) is 5.16. The molecule has 1 saturated carbocycles. The molecular formula is C25H25N3O3. The summed E-state index contributed by atoms with van der Waals surface area (Å²) in [6, 6.07) is 13.2. The van der Waals surface area contributed by atoms with Crippen molar-refractivity contribution in [3.63, 3.8) is 0 Å². The molecule has 1 spiro atoms. The van der Waals surface area contributed by atoms with Gasteiger partial charge in [-0.15, -0.1) is 0 Å². The van der Waals surface area contributed by atoms with Gasteiger partial charge < -0.3 is 14.6 Å². The van der Waals surface area contributed by atoms with Crippen LogP contribution in [-0.4, -0.2) is 23.3 Å². The van der Waals surface area contributed by atoms with Crippen molar-refractivity contribution >= 4 is 23.2 Å². The van der Waals surface area contributed by atoms with Gasteiger partial charge in [0.05, 0.1) is 6.20 Å². The Morgan fingerprint density at radius 3 is 2.52 bits per heavy atom. The largest absolute Gasteiger partial charge is 0.444 e. The summed E-state index contributed by atoms with van der Waals surface area (Å²) in [6.07, 6.45) is 8.75. The van der Waals surface area contributed by atoms with Gasteiger partial charge in [-0.25, -0.2) is 4.98 Å². The van der Waals surface area contributed by atoms with Crippen LogP contribution in [0.5, 0.6) is 0 Å². The van der Waals surface area contributed by atoms with Crippen LogP contribution in [-0.2, 0) is 10.2 Å². The van der Waals surface area contributed by atoms with Crippen LogP contribution < -0.4 is 10.2 Å². The zero-order chi connectivity index (χ0) is 21.4. The second kappa shape index (κ2) is 7.69. The zero-order valence-corrected chi connectivity index (χ0v) is 17.6. The Balaban J connectivity index is 1.40. The standard InChI is InChI=1S/C25H25N3O3/c1-17(29)28-15-25(11-3-2-4-12-25)21-13-19(7-10-22(21)28)24(30)27-20-8-5-18(6-9-20)23-14-26-16-31-23/h5-10,13-14,16H,2-4,11-12,15H2,1H3,(H,27,30). The van der Waals surface area contributed by atoms with Crippen molar-refractivity contribution in [2.24, 2.45) is 0 Å². The Bertz CT molecular complexity index is 1110. The molecule has 0 unspecified atom stereocenters. The number of anilines is 2. The topological polar surface area (TPSA) is 75.4 Å². The maximum atomic E-state index is 13.0. The highest BCUT2D eigenvalue weighted by Crippen LogP contribution is 2.49. The van der Waals surface area contributed by atoms with Gasteiger partial charge in [-0.3, -0.25) is 9.59 Å². The third-order valence-electron chi connectivity index (χ3n) is 6.63. The first-order valence-electron chi connectivity index (χ1n) is 10.8. The fraction of sp³-hybridized carbons (Fsp3) is 0.320. The second-order valence-corrected chi connectivity index (χ2v) is 8.58. The molecule has 2 heterocycles. The monoisotopic (exact) mass is 415 g/mol. The van der Waals surface area contributed by atoms with E-state index in [2.05, 4.69) is 10.3 Å². The number of rotatable bonds is 3. The minimum atomic E-state index is -0.151. The summed E-state index contributed by atoms with van der Waals surface area (Å²) in [7, 11) is 0. The summed E-state index contributed by atoms with van der Waals surface area (Å²) in [4.78, 5) is 31.0. The number of hydrogen-bond acceptors (Lipinski definition) is 4. The Morgan fingerprint density at radius 1 is 1.06 bits per heavy atom. The molecule has 31 heavy (non-hydrogen) atoms. The maximum absolute atomic E-state index is 13.0. The number of carbonyl (C=O) groups is 2. The highest BCUT2D eigenvalue weighted by Gasteiger charge is 2.44. The third kappa shape index (κ3) is 3.52. The van der Waals surface area contributed by atoms with Gasteiger partial charge in [0.15, 0.2) is 12.2 Å². The summed E-state index contributed by atoms with van der Waals surface area (Å²) < 4.78 is 5.31. The van der Waals surface area contributed by atoms with E-state index < -0.39 is 0 Å². The van der Waals surface area contributed by atoms with Crippen molar-refractivity contribution in [3.8, 4) is 11.3 Å². The van der Waals surface area contributed by atoms with E-state index in [4.69, 9.17) is 4.42 Å². The number of carbonyl (C=O) groups excluding carboxylic acids is 2. The molecule has 2 amide bonds. The Morgan fingerprint density at radius 2 is 1.84 bits per heavy atom. The minimum absolute atomic E-state index is 0.0196. The van der Waals surface area contributed by atoms with E-state index in [1.807, 2.05) is 47.4 Å². The zero-order valence-electron chi connectivity index (χ0n) is 17.6. The van der Waals surface area contributed by atoms with Crippen LogP contribution in [0.2, 0.25) is 0 Å². The maximum Gasteiger partial charge on any atom is 0.255 e. The molecule has 158 valence electrons. The van der Waals surface area contributed by atoms with Crippen LogP contribution in [0.4, 0.5) is 11.4 Å². The molecule has 3 aromatic rings. The summed E-state index contributed by atoms with van der Waals surface area (Å²) >= 11 is 0. The van der Waals surface area contributed by atoms with Crippen LogP contribution in [0.25, 0.3) is 11.3 Å². The number of nitrogens with zero attached hydrogens (tertiary/aromatic N) is 2. The lowest BCUT2D eigenvalue weighted by Gasteiger charge is -2.34. The molecule has 1 fully saturated rings. The number of benzene rings is 2. The summed E-state index contributed by atoms with van der Waals surface area (Å²) in [6.45, 7) is 2.35. The van der Waals surface area contributed by atoms with Gasteiger partial charge >= 0.3 is 0 Å². The number of fused-ring (bicyclic) bond motifs is 2. The predicted molar refractivity (Wildman–Crippen MR) is 119 cm³/mol. The van der Waals surface area contributed by atoms with E-state index in [1.54, 1.807) is 13.1 Å². The van der Waals surface area contributed by atoms with Gasteiger partial charge in [0, 0.05) is 41.4 Å². The van der Waals surface area contributed by atoms with E-state index >= 15 is 0 Å². The van der Waals surface area contributed by atoms with Gasteiger partial charge in [0.1, 0.15) is 0 Å². The lowest BCUT2D eigenvalue weighted by atomic mass is 9.70. The molecule has 1 aromatic heterocycles. The van der Waals surface area contributed by atoms with Gasteiger partial charge in [-0.05, 0) is 60.9 Å². The van der Waals surface area contributed by atoms with Crippen LogP contribution >= 0.6 is 0 Å². The summed E-state index contributed by atoms with van der Waals surface area (Å²) in [5, 5.41) is 2.98. The first-order valence-corrected chi connectivity index (χ1v) is 10.8. The number of nitrogens with one attached hydrogen (secondary N) is 1. The van der Waals surface area contributed by atoms with Crippen molar-refractivity contribution in [2.75, 3.05) is 16.8 Å². The van der Waals surface area contributed by atoms with Gasteiger partial charge in [-0.2, -0.15) is 0 Å². The van der Waals surface area contributed by atoms with Crippen molar-refractivity contribution in [1.82, 2.24) is 4.98 Å². The van der Waals surface area contributed by atoms with Gasteiger partial charge in [0.2, 0.25) is 5.91 Å². The lowest BCUT2D eigenvalue weighted by Crippen LogP contribution is -2.37. The smallest absolute Gasteiger partial charge is 0.255 e. The molecule has 2 aliphatic rings. The molecular weight excluding hydrogens is 390 g/mol. The first-order chi connectivity index (χ1) is 15.1. The molecule has 5 rings (SSSR count). The average Bonchev–Trinajstić information content (AvgIpc) is 3.42. The van der Waals surface area contributed by atoms with Crippen LogP contribution in [0, 0.1) is 0 Å². The second-order valence-electron chi connectivity index (χ2n) is 8.58. The minimum Gasteiger partial charge on any atom is -0.444 e. The number of hydrogen-bond donors (Lipinski definition) is 1. The normalized spacial score (nSPS) is 16.9. The Labute approximate surface area is 181 Å². The number of oxazole rings is 1. The Kier molecular flexibility index (Phi) is 4.85. The molecule has 0 atom stereocenters. The van der Waals surface area contributed by atoms with Gasteiger partial charge in [-0.1, -0.05) is 19.3 Å². The van der Waals surface area contributed by atoms with Crippen LogP contribution in [0.3, 0.4) is 0 Å². The van der Waals surface area contributed by atoms with Crippen LogP contribution in [0.1, 0.15) is 54.9 Å². The van der Waals surface area contributed by atoms with E-state index in [-0.39, 0.29) is 17.2 Å². The molecule has 2 aromatic carbocycles. The first kappa shape index (κ1) is 19.5. The average molecular weight is 415 g/mol. The molecule has 1 aliphatic heterocycles. The number of amides is 2. The van der Waals surface area contributed by atoms with Crippen molar-refractivity contribution in [2.45, 2.75) is 44.4 Å². The molecule has 0 saturated heterocycles. The van der Waals surface area contributed by atoms with Crippen molar-refractivity contribution < 1.29 is 14.0 Å². The Hall–Kier alpha value is -3.41. The highest BCUT2D eigenvalue weighted by molar-refractivity contribution is 6.05. The van der Waals surface area contributed by atoms with Gasteiger partial charge in [0.25, 0.3) is 5.91 Å². The lowest BCUT2D eigenvalue weighted by molar-refractivity contribution is -0.116. The van der Waals surface area contributed by atoms with E-state index in [1.165, 1.54) is 25.7 Å². The molecule has 6 heteroatoms. The highest BCUT2D eigenvalue weighted by atomic mass is 16.3. The third-order valence-corrected chi connectivity index (χ3v) is 6.63. The van der Waals surface area contributed by atoms with E-state index in [0.29, 0.717) is 17.0 Å². The molecule has 0 radical (unpaired) electrons. The fourth-order valence-corrected chi connectivity index (χ4v) is 5.03. The van der Waals surface area contributed by atoms with Crippen LogP contribution in [0.15, 0.2) is 59.5 Å². The molecule has 0 bridgehead atoms. The molecule has 1 N–H and O–H groups in total. The molecule has 1 aliphatic carbocycles. The molecule has 6 nitrogen and oxygen atoms in total. The fourth-order valence-electron chi connectivity index (χ4n) is 5.03. The number of aromatic nitrogens is 1. The van der Waals surface area contributed by atoms with Crippen molar-refractivity contribution in [1.29, 1.82) is 0 Å². The summed E-state index contributed by atoms with van der Waals surface area (Å²) in [5.74, 6) is 0.597. The van der Waals surface area contributed by atoms with E-state index in [0.717, 1.165) is 36.2 Å². The summed E-state index contributed by atoms with van der Waals surface area (Å²) in [5.41, 5.74) is 4.32. The van der Waals surface area contributed by atoms with E-state index in [9.17, 15) is 9.59 Å².